The lowest BCUT2D eigenvalue weighted by Gasteiger charge is -2.24. The molecule has 0 N–H and O–H groups in total. The summed E-state index contributed by atoms with van der Waals surface area (Å²) in [5.41, 5.74) is 3.06. The van der Waals surface area contributed by atoms with Gasteiger partial charge in [0, 0.05) is 0 Å². The number of methoxy groups -OCH3 is 1. The van der Waals surface area contributed by atoms with E-state index in [2.05, 4.69) is 12.1 Å². The molecule has 1 nitrogen and oxygen atoms in total. The fraction of sp³-hybridized carbons (Fsp3) is 0.368. The number of alkyl halides is 1. The molecule has 1 fully saturated rings. The first kappa shape index (κ1) is 15.0. The SMILES string of the molecule is COc1ccc(-c2ccc(C3CCC(F)CC3)cc2)cc1F. The molecular formula is C19H20F2O. The van der Waals surface area contributed by atoms with E-state index in [1.165, 1.54) is 18.7 Å². The number of ether oxygens (including phenoxy) is 1. The zero-order chi connectivity index (χ0) is 15.5. The fourth-order valence-corrected chi connectivity index (χ4v) is 3.18. The Balaban J connectivity index is 1.78. The van der Waals surface area contributed by atoms with Gasteiger partial charge in [-0.3, -0.25) is 0 Å². The van der Waals surface area contributed by atoms with Gasteiger partial charge in [0.05, 0.1) is 7.11 Å². The van der Waals surface area contributed by atoms with Gasteiger partial charge in [0.1, 0.15) is 6.17 Å². The lowest BCUT2D eigenvalue weighted by atomic mass is 9.83. The molecule has 22 heavy (non-hydrogen) atoms. The Kier molecular flexibility index (Phi) is 4.41. The van der Waals surface area contributed by atoms with Crippen molar-refractivity contribution in [1.29, 1.82) is 0 Å². The molecule has 0 amide bonds. The standard InChI is InChI=1S/C19H20F2O/c1-22-19-11-8-16(12-18(19)21)15-4-2-13(3-5-15)14-6-9-17(20)10-7-14/h2-5,8,11-12,14,17H,6-7,9-10H2,1H3. The highest BCUT2D eigenvalue weighted by Crippen LogP contribution is 2.35. The number of halogens is 2. The van der Waals surface area contributed by atoms with E-state index in [4.69, 9.17) is 4.74 Å². The second kappa shape index (κ2) is 6.47. The van der Waals surface area contributed by atoms with Crippen LogP contribution in [0.5, 0.6) is 5.75 Å². The van der Waals surface area contributed by atoms with Gasteiger partial charge >= 0.3 is 0 Å². The van der Waals surface area contributed by atoms with Crippen LogP contribution in [0.3, 0.4) is 0 Å². The third-order valence-corrected chi connectivity index (χ3v) is 4.52. The van der Waals surface area contributed by atoms with Crippen molar-refractivity contribution in [2.45, 2.75) is 37.8 Å². The topological polar surface area (TPSA) is 9.23 Å². The maximum absolute atomic E-state index is 13.8. The average Bonchev–Trinajstić information content (AvgIpc) is 2.56. The van der Waals surface area contributed by atoms with Gasteiger partial charge in [-0.1, -0.05) is 30.3 Å². The second-order valence-corrected chi connectivity index (χ2v) is 5.92. The lowest BCUT2D eigenvalue weighted by Crippen LogP contribution is -2.13. The van der Waals surface area contributed by atoms with E-state index in [1.54, 1.807) is 6.07 Å². The fourth-order valence-electron chi connectivity index (χ4n) is 3.18. The Hall–Kier alpha value is -1.90. The van der Waals surface area contributed by atoms with Crippen LogP contribution < -0.4 is 4.74 Å². The molecule has 0 spiro atoms. The van der Waals surface area contributed by atoms with Crippen molar-refractivity contribution in [3.63, 3.8) is 0 Å². The number of benzene rings is 2. The third kappa shape index (κ3) is 3.13. The van der Waals surface area contributed by atoms with E-state index in [0.717, 1.165) is 24.0 Å². The molecule has 1 saturated carbocycles. The largest absolute Gasteiger partial charge is 0.494 e. The highest BCUT2D eigenvalue weighted by Gasteiger charge is 2.21. The van der Waals surface area contributed by atoms with Gasteiger partial charge in [0.15, 0.2) is 11.6 Å². The Bertz CT molecular complexity index is 628. The average molecular weight is 302 g/mol. The highest BCUT2D eigenvalue weighted by molar-refractivity contribution is 5.64. The van der Waals surface area contributed by atoms with Gasteiger partial charge in [-0.2, -0.15) is 0 Å². The van der Waals surface area contributed by atoms with Crippen LogP contribution in [0.25, 0.3) is 11.1 Å². The summed E-state index contributed by atoms with van der Waals surface area (Å²) in [6.07, 6.45) is 2.53. The lowest BCUT2D eigenvalue weighted by molar-refractivity contribution is 0.235. The zero-order valence-corrected chi connectivity index (χ0v) is 12.7. The number of rotatable bonds is 3. The Labute approximate surface area is 129 Å². The van der Waals surface area contributed by atoms with Crippen LogP contribution >= 0.6 is 0 Å². The second-order valence-electron chi connectivity index (χ2n) is 5.92. The molecule has 2 aromatic rings. The summed E-state index contributed by atoms with van der Waals surface area (Å²) >= 11 is 0. The molecule has 116 valence electrons. The summed E-state index contributed by atoms with van der Waals surface area (Å²) < 4.78 is 31.9. The minimum absolute atomic E-state index is 0.253. The van der Waals surface area contributed by atoms with Gasteiger partial charge in [-0.25, -0.2) is 8.78 Å². The molecular weight excluding hydrogens is 282 g/mol. The molecule has 1 aliphatic rings. The van der Waals surface area contributed by atoms with Crippen molar-refractivity contribution in [1.82, 2.24) is 0 Å². The molecule has 0 aromatic heterocycles. The molecule has 3 rings (SSSR count). The first-order chi connectivity index (χ1) is 10.7. The third-order valence-electron chi connectivity index (χ3n) is 4.52. The van der Waals surface area contributed by atoms with Gasteiger partial charge in [0.25, 0.3) is 0 Å². The van der Waals surface area contributed by atoms with E-state index in [1.807, 2.05) is 18.2 Å². The van der Waals surface area contributed by atoms with Gasteiger partial charge < -0.3 is 4.74 Å². The number of hydrogen-bond donors (Lipinski definition) is 0. The summed E-state index contributed by atoms with van der Waals surface area (Å²) in [5, 5.41) is 0. The van der Waals surface area contributed by atoms with Crippen LogP contribution in [-0.4, -0.2) is 13.3 Å². The molecule has 1 aliphatic carbocycles. The maximum Gasteiger partial charge on any atom is 0.165 e. The molecule has 0 bridgehead atoms. The first-order valence-electron chi connectivity index (χ1n) is 7.75. The normalized spacial score (nSPS) is 21.6. The van der Waals surface area contributed by atoms with Crippen molar-refractivity contribution in [2.75, 3.05) is 7.11 Å². The molecule has 0 atom stereocenters. The summed E-state index contributed by atoms with van der Waals surface area (Å²) in [4.78, 5) is 0. The van der Waals surface area contributed by atoms with Crippen molar-refractivity contribution >= 4 is 0 Å². The monoisotopic (exact) mass is 302 g/mol. The van der Waals surface area contributed by atoms with Crippen LogP contribution in [-0.2, 0) is 0 Å². The van der Waals surface area contributed by atoms with Crippen LogP contribution in [0.2, 0.25) is 0 Å². The van der Waals surface area contributed by atoms with Crippen molar-refractivity contribution in [3.8, 4) is 16.9 Å². The Morgan fingerprint density at radius 1 is 0.909 bits per heavy atom. The van der Waals surface area contributed by atoms with E-state index < -0.39 is 6.17 Å². The molecule has 0 aliphatic heterocycles. The minimum Gasteiger partial charge on any atom is -0.494 e. The van der Waals surface area contributed by atoms with Crippen LogP contribution in [0.15, 0.2) is 42.5 Å². The summed E-state index contributed by atoms with van der Waals surface area (Å²) in [6.45, 7) is 0. The van der Waals surface area contributed by atoms with Crippen LogP contribution in [0, 0.1) is 5.82 Å². The first-order valence-corrected chi connectivity index (χ1v) is 7.75. The molecule has 0 saturated heterocycles. The summed E-state index contributed by atoms with van der Waals surface area (Å²) in [7, 11) is 1.46. The van der Waals surface area contributed by atoms with Crippen molar-refractivity contribution in [2.24, 2.45) is 0 Å². The highest BCUT2D eigenvalue weighted by atomic mass is 19.1. The van der Waals surface area contributed by atoms with E-state index >= 15 is 0 Å². The van der Waals surface area contributed by atoms with Crippen molar-refractivity contribution < 1.29 is 13.5 Å². The van der Waals surface area contributed by atoms with Crippen LogP contribution in [0.4, 0.5) is 8.78 Å². The van der Waals surface area contributed by atoms with Crippen LogP contribution in [0.1, 0.15) is 37.2 Å². The predicted molar refractivity (Wildman–Crippen MR) is 84.5 cm³/mol. The predicted octanol–water partition coefficient (Wildman–Crippen LogP) is 5.50. The summed E-state index contributed by atoms with van der Waals surface area (Å²) in [6, 6.07) is 13.2. The Morgan fingerprint density at radius 2 is 1.55 bits per heavy atom. The van der Waals surface area contributed by atoms with Gasteiger partial charge in [0.2, 0.25) is 0 Å². The molecule has 2 aromatic carbocycles. The smallest absolute Gasteiger partial charge is 0.165 e. The number of hydrogen-bond acceptors (Lipinski definition) is 1. The van der Waals surface area contributed by atoms with E-state index in [9.17, 15) is 8.78 Å². The van der Waals surface area contributed by atoms with E-state index in [0.29, 0.717) is 18.8 Å². The Morgan fingerprint density at radius 3 is 2.14 bits per heavy atom. The maximum atomic E-state index is 13.8. The summed E-state index contributed by atoms with van der Waals surface area (Å²) in [5.74, 6) is 0.349. The minimum atomic E-state index is -0.627. The van der Waals surface area contributed by atoms with Gasteiger partial charge in [-0.05, 0) is 60.4 Å². The zero-order valence-electron chi connectivity index (χ0n) is 12.7. The molecule has 0 unspecified atom stereocenters. The molecule has 0 heterocycles. The van der Waals surface area contributed by atoms with Gasteiger partial charge in [-0.15, -0.1) is 0 Å². The van der Waals surface area contributed by atoms with Crippen molar-refractivity contribution in [3.05, 3.63) is 53.8 Å². The van der Waals surface area contributed by atoms with E-state index in [-0.39, 0.29) is 11.6 Å². The molecule has 0 radical (unpaired) electrons. The quantitative estimate of drug-likeness (QED) is 0.727. The molecule has 3 heteroatoms.